The van der Waals surface area contributed by atoms with Crippen LogP contribution in [-0.2, 0) is 19.2 Å². The van der Waals surface area contributed by atoms with Gasteiger partial charge in [-0.2, -0.15) is 0 Å². The number of thioether (sulfide) groups is 1. The smallest absolute Gasteiger partial charge is 0.353 e. The van der Waals surface area contributed by atoms with Crippen LogP contribution in [0.1, 0.15) is 41.0 Å². The molecule has 2 unspecified atom stereocenters. The van der Waals surface area contributed by atoms with Crippen LogP contribution in [0.3, 0.4) is 0 Å². The van der Waals surface area contributed by atoms with Gasteiger partial charge in [0.2, 0.25) is 12.3 Å². The van der Waals surface area contributed by atoms with Crippen LogP contribution < -0.4 is 21.7 Å². The first-order valence-electron chi connectivity index (χ1n) is 12.6. The lowest BCUT2D eigenvalue weighted by molar-refractivity contribution is -0.160. The summed E-state index contributed by atoms with van der Waals surface area (Å²) in [6.45, 7) is 6.83. The van der Waals surface area contributed by atoms with Gasteiger partial charge < -0.3 is 31.7 Å². The third-order valence-electron chi connectivity index (χ3n) is 7.30. The Kier molecular flexibility index (Phi) is 10.3. The molecule has 0 spiro atoms. The lowest BCUT2D eigenvalue weighted by Gasteiger charge is -2.47. The number of carbonyl (C=O) groups excluding carboxylic acids is 3. The summed E-state index contributed by atoms with van der Waals surface area (Å²) >= 11 is 1.52. The molecule has 0 radical (unpaired) electrons. The number of nitrogens with one attached hydrogen (secondary N) is 3. The number of carboxylic acid groups (broad SMARTS) is 1. The Labute approximate surface area is 216 Å². The second kappa shape index (κ2) is 13.0. The van der Waals surface area contributed by atoms with Gasteiger partial charge in [-0.15, -0.1) is 11.8 Å². The zero-order chi connectivity index (χ0) is 26.4. The van der Waals surface area contributed by atoms with E-state index in [0.29, 0.717) is 45.4 Å². The maximum absolute atomic E-state index is 12.9. The zero-order valence-electron chi connectivity index (χ0n) is 20.9. The number of β-lactam (4-membered cyclic amide) rings is 1. The van der Waals surface area contributed by atoms with Crippen LogP contribution in [0.2, 0.25) is 0 Å². The first kappa shape index (κ1) is 28.5. The number of carboxylic acids is 1. The number of hydrogen-bond donors (Lipinski definition) is 5. The monoisotopic (exact) mass is 529 g/mol. The Hall–Kier alpha value is -2.02. The molecule has 4 heterocycles. The minimum atomic E-state index is -1.09. The summed E-state index contributed by atoms with van der Waals surface area (Å²) in [5.41, 5.74) is 5.54. The molecule has 0 aromatic rings. The fraction of sp³-hybridized carbons (Fsp3) is 0.750. The van der Waals surface area contributed by atoms with Gasteiger partial charge in [-0.05, 0) is 31.8 Å². The van der Waals surface area contributed by atoms with E-state index in [1.807, 2.05) is 13.8 Å². The fourth-order valence-corrected chi connectivity index (χ4v) is 7.05. The van der Waals surface area contributed by atoms with E-state index in [2.05, 4.69) is 16.0 Å². The molecular formula is C24H40FN5O5S. The van der Waals surface area contributed by atoms with Gasteiger partial charge in [-0.25, -0.2) is 9.18 Å². The van der Waals surface area contributed by atoms with Crippen molar-refractivity contribution in [1.82, 2.24) is 20.9 Å². The molecule has 0 aromatic carbocycles. The maximum Gasteiger partial charge on any atom is 0.353 e. The molecule has 0 saturated carbocycles. The molecule has 3 saturated heterocycles. The number of nitrogens with two attached hydrogens (primary N) is 1. The van der Waals surface area contributed by atoms with Crippen LogP contribution in [-0.4, -0.2) is 90.3 Å². The minimum absolute atomic E-state index is 0. The van der Waals surface area contributed by atoms with Crippen molar-refractivity contribution in [2.75, 3.05) is 32.7 Å². The molecule has 10 nitrogen and oxygen atoms in total. The number of alkyl halides is 1. The van der Waals surface area contributed by atoms with Crippen LogP contribution >= 0.6 is 11.8 Å². The Balaban J connectivity index is 0.000000604. The van der Waals surface area contributed by atoms with Crippen LogP contribution in [0.5, 0.6) is 0 Å². The highest BCUT2D eigenvalue weighted by Gasteiger charge is 2.60. The summed E-state index contributed by atoms with van der Waals surface area (Å²) in [5.74, 6) is -1.84. The van der Waals surface area contributed by atoms with Crippen molar-refractivity contribution >= 4 is 35.8 Å². The van der Waals surface area contributed by atoms with Gasteiger partial charge in [0.1, 0.15) is 17.7 Å². The van der Waals surface area contributed by atoms with Gasteiger partial charge in [0.25, 0.3) is 0 Å². The number of fused-ring (bicyclic) bond motifs is 1. The molecule has 204 valence electrons. The Bertz CT molecular complexity index is 874. The highest BCUT2D eigenvalue weighted by Crippen LogP contribution is 2.53. The summed E-state index contributed by atoms with van der Waals surface area (Å²) in [5, 5.41) is 18.9. The van der Waals surface area contributed by atoms with E-state index in [-0.39, 0.29) is 60.3 Å². The van der Waals surface area contributed by atoms with Gasteiger partial charge in [-0.3, -0.25) is 14.4 Å². The van der Waals surface area contributed by atoms with E-state index in [1.54, 1.807) is 0 Å². The van der Waals surface area contributed by atoms with Crippen LogP contribution in [0.4, 0.5) is 4.39 Å². The summed E-state index contributed by atoms with van der Waals surface area (Å²) in [4.78, 5) is 49.5. The second-order valence-electron chi connectivity index (χ2n) is 9.99. The van der Waals surface area contributed by atoms with E-state index in [4.69, 9.17) is 5.73 Å². The van der Waals surface area contributed by atoms with Crippen molar-refractivity contribution < 1.29 is 30.1 Å². The Morgan fingerprint density at radius 1 is 1.42 bits per heavy atom. The molecule has 2 amide bonds. The van der Waals surface area contributed by atoms with Crippen molar-refractivity contribution in [3.8, 4) is 0 Å². The highest BCUT2D eigenvalue weighted by atomic mass is 32.2. The van der Waals surface area contributed by atoms with Crippen molar-refractivity contribution in [3.63, 3.8) is 0 Å². The Morgan fingerprint density at radius 2 is 2.17 bits per heavy atom. The third-order valence-corrected chi connectivity index (χ3v) is 8.81. The number of ketones is 1. The van der Waals surface area contributed by atoms with Crippen molar-refractivity contribution in [1.29, 1.82) is 0 Å². The molecule has 4 aliphatic rings. The number of hydrogen-bond acceptors (Lipinski definition) is 8. The van der Waals surface area contributed by atoms with Crippen molar-refractivity contribution in [2.45, 2.75) is 63.0 Å². The molecule has 0 bridgehead atoms. The van der Waals surface area contributed by atoms with Crippen LogP contribution in [0, 0.1) is 17.8 Å². The van der Waals surface area contributed by atoms with Gasteiger partial charge >= 0.3 is 5.97 Å². The second-order valence-corrected chi connectivity index (χ2v) is 11.3. The lowest BCUT2D eigenvalue weighted by atomic mass is 9.73. The SMILES string of the molecule is C[C@H]1C(S[C@@H]2CNC(CNC=O)C2)=C(C(=O)O)N2C(=O)[C@H]([C@@H](C)CC(=O)CCN)C12.F[C@H]1CCNC1.[HH]. The summed E-state index contributed by atoms with van der Waals surface area (Å²) in [6.07, 6.45) is 2.20. The first-order valence-corrected chi connectivity index (χ1v) is 13.5. The summed E-state index contributed by atoms with van der Waals surface area (Å²) < 4.78 is 11.9. The third kappa shape index (κ3) is 6.45. The van der Waals surface area contributed by atoms with E-state index < -0.39 is 12.1 Å². The quantitative estimate of drug-likeness (QED) is 0.190. The molecule has 0 aliphatic carbocycles. The van der Waals surface area contributed by atoms with Gasteiger partial charge in [-0.1, -0.05) is 13.8 Å². The molecule has 0 aromatic heterocycles. The van der Waals surface area contributed by atoms with E-state index >= 15 is 0 Å². The fourth-order valence-electron chi connectivity index (χ4n) is 5.53. The molecular weight excluding hydrogens is 489 g/mol. The van der Waals surface area contributed by atoms with Crippen molar-refractivity contribution in [3.05, 3.63) is 10.6 Å². The van der Waals surface area contributed by atoms with Crippen LogP contribution in [0.25, 0.3) is 0 Å². The lowest BCUT2D eigenvalue weighted by Crippen LogP contribution is -2.62. The van der Waals surface area contributed by atoms with Gasteiger partial charge in [0.05, 0.1) is 12.0 Å². The number of aliphatic carboxylic acids is 1. The Morgan fingerprint density at radius 3 is 2.72 bits per heavy atom. The molecule has 36 heavy (non-hydrogen) atoms. The summed E-state index contributed by atoms with van der Waals surface area (Å²) in [7, 11) is 0. The van der Waals surface area contributed by atoms with Gasteiger partial charge in [0, 0.05) is 56.0 Å². The van der Waals surface area contributed by atoms with E-state index in [9.17, 15) is 28.7 Å². The largest absolute Gasteiger partial charge is 0.477 e. The molecule has 6 N–H and O–H groups in total. The molecule has 7 atom stereocenters. The number of Topliss-reactive ketones (excluding diaryl/α,β-unsaturated/α-hetero) is 1. The average molecular weight is 530 g/mol. The predicted octanol–water partition coefficient (Wildman–Crippen LogP) is 0.477. The van der Waals surface area contributed by atoms with Crippen LogP contribution in [0.15, 0.2) is 10.6 Å². The average Bonchev–Trinajstić information content (AvgIpc) is 3.53. The number of rotatable bonds is 11. The van der Waals surface area contributed by atoms with E-state index in [0.717, 1.165) is 17.9 Å². The summed E-state index contributed by atoms with van der Waals surface area (Å²) in [6, 6.07) is -0.0630. The number of amides is 2. The first-order chi connectivity index (χ1) is 17.2. The molecule has 3 fully saturated rings. The highest BCUT2D eigenvalue weighted by molar-refractivity contribution is 8.03. The number of nitrogens with zero attached hydrogens (tertiary/aromatic N) is 1. The van der Waals surface area contributed by atoms with Gasteiger partial charge in [0.15, 0.2) is 0 Å². The van der Waals surface area contributed by atoms with Crippen molar-refractivity contribution in [2.24, 2.45) is 23.5 Å². The number of carbonyl (C=O) groups is 4. The minimum Gasteiger partial charge on any atom is -0.477 e. The maximum atomic E-state index is 12.9. The predicted molar refractivity (Wildman–Crippen MR) is 137 cm³/mol. The molecule has 4 aliphatic heterocycles. The molecule has 4 rings (SSSR count). The normalized spacial score (nSPS) is 31.9. The standard InChI is InChI=1S/C20H30N4O5S.C4H8FN.H2/c1-10(5-13(26)3-4-21)15-16-11(2)18(17(20(28)29)24(16)19(15)27)30-14-6-12(23-8-14)7-22-9-25;5-4-1-2-6-3-4;/h9-12,14-16,23H,3-8,21H2,1-2H3,(H,22,25)(H,28,29);4,6H,1-3H2;1H/t10-,11+,12?,14-,15+,16?;4-;/m00./s1. The number of halogens is 1. The molecule has 12 heteroatoms. The topological polar surface area (TPSA) is 154 Å². The zero-order valence-corrected chi connectivity index (χ0v) is 21.7. The van der Waals surface area contributed by atoms with E-state index in [1.165, 1.54) is 16.7 Å².